The molecule has 1 aliphatic rings. The zero-order chi connectivity index (χ0) is 13.1. The first-order chi connectivity index (χ1) is 8.63. The van der Waals surface area contributed by atoms with E-state index in [0.717, 1.165) is 25.9 Å². The van der Waals surface area contributed by atoms with Gasteiger partial charge in [-0.3, -0.25) is 14.8 Å². The molecule has 1 unspecified atom stereocenters. The van der Waals surface area contributed by atoms with Crippen LogP contribution in [0.5, 0.6) is 0 Å². The third kappa shape index (κ3) is 2.45. The first-order valence-electron chi connectivity index (χ1n) is 6.22. The molecular formula is C11H19N5O2. The first kappa shape index (κ1) is 12.8. The Morgan fingerprint density at radius 3 is 3.06 bits per heavy atom. The van der Waals surface area contributed by atoms with E-state index < -0.39 is 0 Å². The molecular weight excluding hydrogens is 234 g/mol. The summed E-state index contributed by atoms with van der Waals surface area (Å²) in [6, 6.07) is 0.289. The number of aryl methyl sites for hydroxylation is 1. The van der Waals surface area contributed by atoms with Crippen LogP contribution in [0.4, 0.5) is 11.5 Å². The summed E-state index contributed by atoms with van der Waals surface area (Å²) in [6.45, 7) is 1.66. The van der Waals surface area contributed by atoms with Crippen molar-refractivity contribution in [2.24, 2.45) is 7.05 Å². The van der Waals surface area contributed by atoms with E-state index in [1.165, 1.54) is 17.3 Å². The van der Waals surface area contributed by atoms with Gasteiger partial charge in [-0.15, -0.1) is 5.10 Å². The lowest BCUT2D eigenvalue weighted by Crippen LogP contribution is -2.45. The Hall–Kier alpha value is -1.63. The van der Waals surface area contributed by atoms with E-state index in [4.69, 9.17) is 0 Å². The molecule has 0 bridgehead atoms. The Labute approximate surface area is 106 Å². The zero-order valence-corrected chi connectivity index (χ0v) is 10.8. The van der Waals surface area contributed by atoms with Gasteiger partial charge in [-0.05, 0) is 26.3 Å². The molecule has 1 fully saturated rings. The van der Waals surface area contributed by atoms with E-state index in [0.29, 0.717) is 5.82 Å². The summed E-state index contributed by atoms with van der Waals surface area (Å²) in [6.07, 6.45) is 4.76. The van der Waals surface area contributed by atoms with Crippen molar-refractivity contribution in [2.45, 2.75) is 25.3 Å². The molecule has 2 rings (SSSR count). The highest BCUT2D eigenvalue weighted by Crippen LogP contribution is 2.30. The van der Waals surface area contributed by atoms with Crippen LogP contribution in [0.1, 0.15) is 19.3 Å². The van der Waals surface area contributed by atoms with Gasteiger partial charge in [-0.2, -0.15) is 0 Å². The number of aromatic nitrogens is 2. The molecule has 1 atom stereocenters. The Balaban J connectivity index is 2.30. The van der Waals surface area contributed by atoms with Crippen LogP contribution in [0.3, 0.4) is 0 Å². The van der Waals surface area contributed by atoms with Crippen molar-refractivity contribution in [3.05, 3.63) is 16.3 Å². The molecule has 0 spiro atoms. The van der Waals surface area contributed by atoms with Crippen LogP contribution in [0.25, 0.3) is 0 Å². The lowest BCUT2D eigenvalue weighted by molar-refractivity contribution is -0.384. The second-order valence-electron chi connectivity index (χ2n) is 4.67. The van der Waals surface area contributed by atoms with Crippen molar-refractivity contribution in [1.82, 2.24) is 15.1 Å². The van der Waals surface area contributed by atoms with Gasteiger partial charge in [0.25, 0.3) is 0 Å². The van der Waals surface area contributed by atoms with Crippen LogP contribution in [-0.2, 0) is 7.05 Å². The summed E-state index contributed by atoms with van der Waals surface area (Å²) < 4.78 is 1.51. The number of nitro groups is 1. The highest BCUT2D eigenvalue weighted by molar-refractivity contribution is 5.57. The first-order valence-corrected chi connectivity index (χ1v) is 6.22. The van der Waals surface area contributed by atoms with Gasteiger partial charge in [0.05, 0.1) is 4.92 Å². The molecule has 0 aliphatic carbocycles. The fourth-order valence-electron chi connectivity index (χ4n) is 2.52. The van der Waals surface area contributed by atoms with Crippen molar-refractivity contribution in [3.63, 3.8) is 0 Å². The maximum absolute atomic E-state index is 11.1. The quantitative estimate of drug-likeness (QED) is 0.637. The number of piperidine rings is 1. The van der Waals surface area contributed by atoms with Crippen molar-refractivity contribution in [2.75, 3.05) is 25.0 Å². The van der Waals surface area contributed by atoms with Crippen molar-refractivity contribution >= 4 is 11.5 Å². The molecule has 18 heavy (non-hydrogen) atoms. The second-order valence-corrected chi connectivity index (χ2v) is 4.67. The van der Waals surface area contributed by atoms with Gasteiger partial charge < -0.3 is 10.2 Å². The number of hydrogen-bond acceptors (Lipinski definition) is 5. The highest BCUT2D eigenvalue weighted by Gasteiger charge is 2.30. The maximum Gasteiger partial charge on any atom is 0.330 e. The van der Waals surface area contributed by atoms with Crippen molar-refractivity contribution in [3.8, 4) is 0 Å². The summed E-state index contributed by atoms with van der Waals surface area (Å²) in [4.78, 5) is 12.8. The van der Waals surface area contributed by atoms with Gasteiger partial charge in [0, 0.05) is 26.2 Å². The fourth-order valence-corrected chi connectivity index (χ4v) is 2.52. The monoisotopic (exact) mass is 253 g/mol. The van der Waals surface area contributed by atoms with Crippen LogP contribution in [0, 0.1) is 10.1 Å². The number of likely N-dealkylation sites (N-methyl/N-ethyl adjacent to an activating group) is 1. The lowest BCUT2D eigenvalue weighted by Gasteiger charge is -2.35. The molecule has 1 aromatic rings. The molecule has 1 aliphatic heterocycles. The molecule has 7 nitrogen and oxygen atoms in total. The number of hydrogen-bond donors (Lipinski definition) is 1. The minimum atomic E-state index is -0.354. The average molecular weight is 253 g/mol. The normalized spacial score (nSPS) is 20.1. The third-order valence-electron chi connectivity index (χ3n) is 3.33. The van der Waals surface area contributed by atoms with Gasteiger partial charge in [0.2, 0.25) is 5.82 Å². The molecule has 2 heterocycles. The topological polar surface area (TPSA) is 76.2 Å². The third-order valence-corrected chi connectivity index (χ3v) is 3.33. The summed E-state index contributed by atoms with van der Waals surface area (Å²) in [5.41, 5.74) is 0.0977. The Bertz CT molecular complexity index is 429. The molecule has 0 aromatic carbocycles. The molecule has 1 N–H and O–H groups in total. The Morgan fingerprint density at radius 1 is 1.61 bits per heavy atom. The summed E-state index contributed by atoms with van der Waals surface area (Å²) in [5, 5.41) is 18.5. The van der Waals surface area contributed by atoms with E-state index >= 15 is 0 Å². The van der Waals surface area contributed by atoms with Crippen molar-refractivity contribution in [1.29, 1.82) is 0 Å². The van der Waals surface area contributed by atoms with E-state index in [1.54, 1.807) is 7.05 Å². The highest BCUT2D eigenvalue weighted by atomic mass is 16.6. The predicted octanol–water partition coefficient (Wildman–Crippen LogP) is 0.907. The van der Waals surface area contributed by atoms with Gasteiger partial charge >= 0.3 is 5.69 Å². The SMILES string of the molecule is CNCC1CCCCN1c1nn(C)cc1[N+](=O)[O-]. The maximum atomic E-state index is 11.1. The van der Waals surface area contributed by atoms with Crippen LogP contribution < -0.4 is 10.2 Å². The average Bonchev–Trinajstić information content (AvgIpc) is 2.72. The van der Waals surface area contributed by atoms with Gasteiger partial charge in [0.1, 0.15) is 6.20 Å². The Morgan fingerprint density at radius 2 is 2.39 bits per heavy atom. The van der Waals surface area contributed by atoms with Crippen LogP contribution in [0.15, 0.2) is 6.20 Å². The summed E-state index contributed by atoms with van der Waals surface area (Å²) >= 11 is 0. The zero-order valence-electron chi connectivity index (χ0n) is 10.8. The molecule has 7 heteroatoms. The fraction of sp³-hybridized carbons (Fsp3) is 0.727. The minimum absolute atomic E-state index is 0.0977. The standard InChI is InChI=1S/C11H19N5O2/c1-12-7-9-5-3-4-6-15(9)11-10(16(17)18)8-14(2)13-11/h8-9,12H,3-7H2,1-2H3. The molecule has 1 aromatic heterocycles. The van der Waals surface area contributed by atoms with Crippen LogP contribution in [-0.4, -0.2) is 40.9 Å². The van der Waals surface area contributed by atoms with E-state index in [1.807, 2.05) is 7.05 Å². The van der Waals surface area contributed by atoms with Gasteiger partial charge in [0.15, 0.2) is 0 Å². The largest absolute Gasteiger partial charge is 0.345 e. The van der Waals surface area contributed by atoms with Crippen LogP contribution >= 0.6 is 0 Å². The summed E-state index contributed by atoms with van der Waals surface area (Å²) in [5.74, 6) is 0.502. The molecule has 100 valence electrons. The van der Waals surface area contributed by atoms with Crippen molar-refractivity contribution < 1.29 is 4.92 Å². The van der Waals surface area contributed by atoms with E-state index in [2.05, 4.69) is 15.3 Å². The number of nitrogens with zero attached hydrogens (tertiary/aromatic N) is 4. The number of anilines is 1. The molecule has 1 saturated heterocycles. The molecule has 0 saturated carbocycles. The number of rotatable bonds is 4. The van der Waals surface area contributed by atoms with E-state index in [9.17, 15) is 10.1 Å². The smallest absolute Gasteiger partial charge is 0.330 e. The predicted molar refractivity (Wildman–Crippen MR) is 68.8 cm³/mol. The number of nitrogens with one attached hydrogen (secondary N) is 1. The minimum Gasteiger partial charge on any atom is -0.345 e. The van der Waals surface area contributed by atoms with E-state index in [-0.39, 0.29) is 16.7 Å². The van der Waals surface area contributed by atoms with Gasteiger partial charge in [-0.1, -0.05) is 0 Å². The Kier molecular flexibility index (Phi) is 3.81. The second kappa shape index (κ2) is 5.34. The van der Waals surface area contributed by atoms with Crippen LogP contribution in [0.2, 0.25) is 0 Å². The summed E-state index contributed by atoms with van der Waals surface area (Å²) in [7, 11) is 3.62. The molecule has 0 amide bonds. The molecule has 0 radical (unpaired) electrons. The lowest BCUT2D eigenvalue weighted by atomic mass is 10.0. The van der Waals surface area contributed by atoms with Gasteiger partial charge in [-0.25, -0.2) is 0 Å².